The Hall–Kier alpha value is -6.16. The molecule has 0 amide bonds. The lowest BCUT2D eigenvalue weighted by molar-refractivity contribution is 1.17. The molecule has 10 rings (SSSR count). The molecule has 0 fully saturated rings. The maximum atomic E-state index is 2.45. The summed E-state index contributed by atoms with van der Waals surface area (Å²) in [6.45, 7) is 0. The summed E-state index contributed by atoms with van der Waals surface area (Å²) in [4.78, 5) is 2.45. The van der Waals surface area contributed by atoms with Gasteiger partial charge in [0.05, 0.1) is 16.7 Å². The average molecular weight is 643 g/mol. The number of rotatable bonds is 5. The van der Waals surface area contributed by atoms with Gasteiger partial charge >= 0.3 is 0 Å². The summed E-state index contributed by atoms with van der Waals surface area (Å²) in [5.41, 5.74) is 9.29. The molecule has 0 spiro atoms. The number of hydrogen-bond acceptors (Lipinski definition) is 2. The zero-order valence-electron chi connectivity index (χ0n) is 26.6. The Morgan fingerprint density at radius 3 is 1.92 bits per heavy atom. The summed E-state index contributed by atoms with van der Waals surface area (Å²) in [5, 5.41) is 7.64. The lowest BCUT2D eigenvalue weighted by Gasteiger charge is -2.27. The van der Waals surface area contributed by atoms with Gasteiger partial charge in [-0.1, -0.05) is 121 Å². The van der Waals surface area contributed by atoms with Crippen molar-refractivity contribution in [3.05, 3.63) is 182 Å². The standard InChI is InChI=1S/C46H30N2S/c1-3-13-31(14-4-1)32-17-11-20-36(27-32)47(37-25-26-39-41-28-33-15-7-8-16-34(33)29-44(41)49-45(39)30-37)43-24-12-22-40-38-21-9-10-23-42(38)48(46(40)43)35-18-5-2-6-19-35/h1-30H. The van der Waals surface area contributed by atoms with Crippen molar-refractivity contribution < 1.29 is 0 Å². The number of anilines is 3. The summed E-state index contributed by atoms with van der Waals surface area (Å²) < 4.78 is 5.02. The number of nitrogens with zero attached hydrogens (tertiary/aromatic N) is 2. The molecule has 230 valence electrons. The molecule has 3 heteroatoms. The van der Waals surface area contributed by atoms with Crippen molar-refractivity contribution in [2.45, 2.75) is 0 Å². The molecule has 0 bridgehead atoms. The lowest BCUT2D eigenvalue weighted by Crippen LogP contribution is -2.11. The highest BCUT2D eigenvalue weighted by Gasteiger charge is 2.22. The van der Waals surface area contributed by atoms with Crippen molar-refractivity contribution >= 4 is 81.1 Å². The van der Waals surface area contributed by atoms with Gasteiger partial charge < -0.3 is 9.47 Å². The van der Waals surface area contributed by atoms with Crippen molar-refractivity contribution in [2.24, 2.45) is 0 Å². The minimum absolute atomic E-state index is 1.12. The van der Waals surface area contributed by atoms with Crippen LogP contribution in [0.5, 0.6) is 0 Å². The van der Waals surface area contributed by atoms with E-state index in [1.165, 1.54) is 63.9 Å². The molecule has 0 radical (unpaired) electrons. The van der Waals surface area contributed by atoms with Crippen LogP contribution in [0.25, 0.3) is 69.6 Å². The minimum Gasteiger partial charge on any atom is -0.308 e. The van der Waals surface area contributed by atoms with Gasteiger partial charge in [0, 0.05) is 48.0 Å². The summed E-state index contributed by atoms with van der Waals surface area (Å²) >= 11 is 1.87. The van der Waals surface area contributed by atoms with Gasteiger partial charge in [-0.05, 0) is 82.6 Å². The topological polar surface area (TPSA) is 8.17 Å². The second-order valence-electron chi connectivity index (χ2n) is 12.6. The van der Waals surface area contributed by atoms with Gasteiger partial charge in [0.25, 0.3) is 0 Å². The fourth-order valence-electron chi connectivity index (χ4n) is 7.50. The Bertz CT molecular complexity index is 2830. The molecule has 0 aliphatic rings. The van der Waals surface area contributed by atoms with Crippen LogP contribution < -0.4 is 4.90 Å². The number of aromatic nitrogens is 1. The van der Waals surface area contributed by atoms with E-state index in [0.717, 1.165) is 22.7 Å². The highest BCUT2D eigenvalue weighted by Crippen LogP contribution is 2.46. The van der Waals surface area contributed by atoms with Gasteiger partial charge in [0.2, 0.25) is 0 Å². The van der Waals surface area contributed by atoms with Crippen LogP contribution in [0, 0.1) is 0 Å². The number of thiophene rings is 1. The maximum Gasteiger partial charge on any atom is 0.0782 e. The Labute approximate surface area is 288 Å². The molecule has 0 atom stereocenters. The molecule has 0 aliphatic carbocycles. The molecule has 10 aromatic rings. The number of hydrogen-bond donors (Lipinski definition) is 0. The highest BCUT2D eigenvalue weighted by molar-refractivity contribution is 7.25. The Morgan fingerprint density at radius 1 is 0.408 bits per heavy atom. The van der Waals surface area contributed by atoms with Crippen LogP contribution >= 0.6 is 11.3 Å². The van der Waals surface area contributed by atoms with Crippen LogP contribution in [0.15, 0.2) is 182 Å². The minimum atomic E-state index is 1.12. The van der Waals surface area contributed by atoms with Crippen molar-refractivity contribution in [1.29, 1.82) is 0 Å². The molecule has 0 unspecified atom stereocenters. The third-order valence-electron chi connectivity index (χ3n) is 9.72. The summed E-state index contributed by atoms with van der Waals surface area (Å²) in [7, 11) is 0. The molecular formula is C46H30N2S. The quantitative estimate of drug-likeness (QED) is 0.181. The smallest absolute Gasteiger partial charge is 0.0782 e. The molecule has 0 aliphatic heterocycles. The second kappa shape index (κ2) is 11.2. The molecule has 8 aromatic carbocycles. The van der Waals surface area contributed by atoms with E-state index in [4.69, 9.17) is 0 Å². The van der Waals surface area contributed by atoms with Gasteiger partial charge in [-0.15, -0.1) is 11.3 Å². The van der Waals surface area contributed by atoms with Crippen LogP contribution in [0.3, 0.4) is 0 Å². The fourth-order valence-corrected chi connectivity index (χ4v) is 8.67. The first kappa shape index (κ1) is 27.9. The SMILES string of the molecule is c1ccc(-c2cccc(N(c3ccc4c(c3)sc3cc5ccccc5cc34)c3cccc4c5ccccc5n(-c5ccccc5)c34)c2)cc1. The van der Waals surface area contributed by atoms with Crippen LogP contribution in [0.2, 0.25) is 0 Å². The molecule has 49 heavy (non-hydrogen) atoms. The van der Waals surface area contributed by atoms with Crippen molar-refractivity contribution in [2.75, 3.05) is 4.90 Å². The predicted molar refractivity (Wildman–Crippen MR) is 211 cm³/mol. The lowest BCUT2D eigenvalue weighted by atomic mass is 10.0. The van der Waals surface area contributed by atoms with E-state index >= 15 is 0 Å². The summed E-state index contributed by atoms with van der Waals surface area (Å²) in [6, 6.07) is 66.2. The van der Waals surface area contributed by atoms with Crippen LogP contribution in [0.1, 0.15) is 0 Å². The van der Waals surface area contributed by atoms with Crippen LogP contribution in [-0.2, 0) is 0 Å². The van der Waals surface area contributed by atoms with E-state index in [2.05, 4.69) is 191 Å². The van der Waals surface area contributed by atoms with Gasteiger partial charge in [-0.3, -0.25) is 0 Å². The molecule has 2 heterocycles. The van der Waals surface area contributed by atoms with E-state index < -0.39 is 0 Å². The molecule has 0 saturated heterocycles. The number of para-hydroxylation sites is 3. The van der Waals surface area contributed by atoms with Gasteiger partial charge in [0.15, 0.2) is 0 Å². The summed E-state index contributed by atoms with van der Waals surface area (Å²) in [5.74, 6) is 0. The Balaban J connectivity index is 1.27. The van der Waals surface area contributed by atoms with E-state index in [9.17, 15) is 0 Å². The van der Waals surface area contributed by atoms with Crippen molar-refractivity contribution in [3.8, 4) is 16.8 Å². The van der Waals surface area contributed by atoms with Gasteiger partial charge in [0.1, 0.15) is 0 Å². The van der Waals surface area contributed by atoms with Crippen molar-refractivity contribution in [3.63, 3.8) is 0 Å². The molecule has 2 nitrogen and oxygen atoms in total. The first-order chi connectivity index (χ1) is 24.3. The normalized spacial score (nSPS) is 11.7. The predicted octanol–water partition coefficient (Wildman–Crippen LogP) is 13.4. The zero-order valence-corrected chi connectivity index (χ0v) is 27.4. The summed E-state index contributed by atoms with van der Waals surface area (Å²) in [6.07, 6.45) is 0. The maximum absolute atomic E-state index is 2.45. The second-order valence-corrected chi connectivity index (χ2v) is 13.7. The largest absolute Gasteiger partial charge is 0.308 e. The average Bonchev–Trinajstić information content (AvgIpc) is 3.70. The fraction of sp³-hybridized carbons (Fsp3) is 0. The number of fused-ring (bicyclic) bond motifs is 7. The zero-order chi connectivity index (χ0) is 32.3. The third-order valence-corrected chi connectivity index (χ3v) is 10.8. The highest BCUT2D eigenvalue weighted by atomic mass is 32.1. The van der Waals surface area contributed by atoms with Gasteiger partial charge in [-0.2, -0.15) is 0 Å². The molecular weight excluding hydrogens is 613 g/mol. The first-order valence-electron chi connectivity index (χ1n) is 16.7. The van der Waals surface area contributed by atoms with Crippen molar-refractivity contribution in [1.82, 2.24) is 4.57 Å². The van der Waals surface area contributed by atoms with Crippen LogP contribution in [0.4, 0.5) is 17.1 Å². The van der Waals surface area contributed by atoms with Gasteiger partial charge in [-0.25, -0.2) is 0 Å². The molecule has 2 aromatic heterocycles. The van der Waals surface area contributed by atoms with E-state index in [-0.39, 0.29) is 0 Å². The first-order valence-corrected chi connectivity index (χ1v) is 17.5. The molecule has 0 N–H and O–H groups in total. The van der Waals surface area contributed by atoms with E-state index in [1.807, 2.05) is 11.3 Å². The number of benzene rings is 8. The van der Waals surface area contributed by atoms with Crippen LogP contribution in [-0.4, -0.2) is 4.57 Å². The van der Waals surface area contributed by atoms with E-state index in [1.54, 1.807) is 0 Å². The Morgan fingerprint density at radius 2 is 1.06 bits per heavy atom. The third kappa shape index (κ3) is 4.55. The van der Waals surface area contributed by atoms with E-state index in [0.29, 0.717) is 0 Å². The Kier molecular flexibility index (Phi) is 6.39. The monoisotopic (exact) mass is 642 g/mol. The molecule has 0 saturated carbocycles.